The van der Waals surface area contributed by atoms with Gasteiger partial charge >= 0.3 is 7.12 Å². The second kappa shape index (κ2) is 7.39. The molecule has 0 aliphatic heterocycles. The van der Waals surface area contributed by atoms with Crippen molar-refractivity contribution in [2.75, 3.05) is 0 Å². The SMILES string of the molecule is CC(C)OB(O)c1ccccc1-c1nnn(C(C)(C)c2ccccc2)n1. The molecule has 0 unspecified atom stereocenters. The summed E-state index contributed by atoms with van der Waals surface area (Å²) in [5.74, 6) is 0.455. The first-order valence-corrected chi connectivity index (χ1v) is 8.68. The van der Waals surface area contributed by atoms with E-state index in [1.54, 1.807) is 4.80 Å². The molecular formula is C19H23BN4O2. The zero-order valence-electron chi connectivity index (χ0n) is 15.5. The molecule has 134 valence electrons. The predicted molar refractivity (Wildman–Crippen MR) is 102 cm³/mol. The molecule has 2 aromatic carbocycles. The van der Waals surface area contributed by atoms with Crippen LogP contribution in [-0.2, 0) is 10.2 Å². The van der Waals surface area contributed by atoms with E-state index in [0.29, 0.717) is 16.9 Å². The van der Waals surface area contributed by atoms with Gasteiger partial charge in [-0.1, -0.05) is 54.6 Å². The van der Waals surface area contributed by atoms with E-state index in [4.69, 9.17) is 4.65 Å². The van der Waals surface area contributed by atoms with Crippen molar-refractivity contribution in [2.45, 2.75) is 39.3 Å². The van der Waals surface area contributed by atoms with Crippen LogP contribution in [0.2, 0.25) is 0 Å². The van der Waals surface area contributed by atoms with Crippen molar-refractivity contribution in [3.63, 3.8) is 0 Å². The summed E-state index contributed by atoms with van der Waals surface area (Å²) in [5.41, 5.74) is 1.96. The number of tetrazole rings is 1. The van der Waals surface area contributed by atoms with E-state index in [-0.39, 0.29) is 6.10 Å². The molecule has 3 aromatic rings. The maximum Gasteiger partial charge on any atom is 0.492 e. The lowest BCUT2D eigenvalue weighted by molar-refractivity contribution is 0.207. The highest BCUT2D eigenvalue weighted by atomic mass is 16.5. The van der Waals surface area contributed by atoms with E-state index in [9.17, 15) is 5.02 Å². The first kappa shape index (κ1) is 18.3. The van der Waals surface area contributed by atoms with Crippen LogP contribution in [0.15, 0.2) is 54.6 Å². The number of hydrogen-bond acceptors (Lipinski definition) is 5. The van der Waals surface area contributed by atoms with Crippen LogP contribution in [0, 0.1) is 0 Å². The molecule has 0 fully saturated rings. The standard InChI is InChI=1S/C19H23BN4O2/c1-14(2)26-20(25)17-13-9-8-12-16(17)18-21-23-24(22-18)19(3,4)15-10-6-5-7-11-15/h5-14,25H,1-4H3. The molecule has 1 aromatic heterocycles. The third-order valence-electron chi connectivity index (χ3n) is 4.26. The van der Waals surface area contributed by atoms with Crippen molar-refractivity contribution < 1.29 is 9.68 Å². The van der Waals surface area contributed by atoms with Gasteiger partial charge in [0.25, 0.3) is 0 Å². The molecule has 0 spiro atoms. The van der Waals surface area contributed by atoms with Crippen molar-refractivity contribution in [3.8, 4) is 11.4 Å². The fourth-order valence-electron chi connectivity index (χ4n) is 2.77. The summed E-state index contributed by atoms with van der Waals surface area (Å²) in [4.78, 5) is 1.60. The molecule has 0 saturated carbocycles. The van der Waals surface area contributed by atoms with Gasteiger partial charge in [-0.3, -0.25) is 0 Å². The largest absolute Gasteiger partial charge is 0.492 e. The highest BCUT2D eigenvalue weighted by Crippen LogP contribution is 2.24. The van der Waals surface area contributed by atoms with Crippen molar-refractivity contribution in [1.29, 1.82) is 0 Å². The Morgan fingerprint density at radius 3 is 2.38 bits per heavy atom. The Morgan fingerprint density at radius 1 is 1.04 bits per heavy atom. The molecule has 3 rings (SSSR count). The lowest BCUT2D eigenvalue weighted by atomic mass is 9.76. The zero-order valence-corrected chi connectivity index (χ0v) is 15.5. The quantitative estimate of drug-likeness (QED) is 0.691. The van der Waals surface area contributed by atoms with Crippen LogP contribution in [0.25, 0.3) is 11.4 Å². The topological polar surface area (TPSA) is 73.1 Å². The summed E-state index contributed by atoms with van der Waals surface area (Å²) in [7, 11) is -1.04. The first-order chi connectivity index (χ1) is 12.4. The van der Waals surface area contributed by atoms with Gasteiger partial charge in [-0.05, 0) is 43.9 Å². The van der Waals surface area contributed by atoms with Gasteiger partial charge in [-0.2, -0.15) is 4.80 Å². The molecule has 1 N–H and O–H groups in total. The van der Waals surface area contributed by atoms with E-state index in [1.807, 2.05) is 82.3 Å². The van der Waals surface area contributed by atoms with Crippen LogP contribution in [0.5, 0.6) is 0 Å². The van der Waals surface area contributed by atoms with Crippen LogP contribution in [0.1, 0.15) is 33.3 Å². The van der Waals surface area contributed by atoms with Gasteiger partial charge in [0.15, 0.2) is 0 Å². The van der Waals surface area contributed by atoms with E-state index in [0.717, 1.165) is 5.56 Å². The van der Waals surface area contributed by atoms with Crippen LogP contribution < -0.4 is 5.46 Å². The minimum absolute atomic E-state index is 0.0984. The average Bonchev–Trinajstić information content (AvgIpc) is 3.13. The molecule has 0 amide bonds. The monoisotopic (exact) mass is 350 g/mol. The van der Waals surface area contributed by atoms with Crippen LogP contribution in [-0.4, -0.2) is 38.5 Å². The Morgan fingerprint density at radius 2 is 1.69 bits per heavy atom. The van der Waals surface area contributed by atoms with Gasteiger partial charge in [0.2, 0.25) is 5.82 Å². The Hall–Kier alpha value is -2.51. The van der Waals surface area contributed by atoms with Crippen molar-refractivity contribution in [1.82, 2.24) is 20.2 Å². The summed E-state index contributed by atoms with van der Waals surface area (Å²) in [6.07, 6.45) is -0.0984. The summed E-state index contributed by atoms with van der Waals surface area (Å²) in [6.45, 7) is 7.83. The normalized spacial score (nSPS) is 11.8. The molecule has 0 aliphatic rings. The zero-order chi connectivity index (χ0) is 18.7. The molecule has 0 saturated heterocycles. The summed E-state index contributed by atoms with van der Waals surface area (Å²) in [5, 5.41) is 23.4. The molecule has 6 nitrogen and oxygen atoms in total. The number of hydrogen-bond donors (Lipinski definition) is 1. The average molecular weight is 350 g/mol. The number of nitrogens with zero attached hydrogens (tertiary/aromatic N) is 4. The van der Waals surface area contributed by atoms with E-state index < -0.39 is 12.7 Å². The summed E-state index contributed by atoms with van der Waals surface area (Å²) in [6, 6.07) is 17.4. The molecule has 0 atom stereocenters. The molecule has 0 aliphatic carbocycles. The Labute approximate surface area is 154 Å². The van der Waals surface area contributed by atoms with Gasteiger partial charge in [0.1, 0.15) is 5.54 Å². The highest BCUT2D eigenvalue weighted by Gasteiger charge is 2.28. The van der Waals surface area contributed by atoms with Gasteiger partial charge in [-0.15, -0.1) is 10.2 Å². The summed E-state index contributed by atoms with van der Waals surface area (Å²) >= 11 is 0. The third kappa shape index (κ3) is 3.69. The molecule has 0 bridgehead atoms. The molecule has 0 radical (unpaired) electrons. The Kier molecular flexibility index (Phi) is 5.20. The third-order valence-corrected chi connectivity index (χ3v) is 4.26. The number of benzene rings is 2. The first-order valence-electron chi connectivity index (χ1n) is 8.68. The van der Waals surface area contributed by atoms with Crippen molar-refractivity contribution >= 4 is 12.6 Å². The minimum Gasteiger partial charge on any atom is -0.423 e. The van der Waals surface area contributed by atoms with Crippen molar-refractivity contribution in [2.24, 2.45) is 0 Å². The lowest BCUT2D eigenvalue weighted by Gasteiger charge is -2.23. The molecule has 7 heteroatoms. The predicted octanol–water partition coefficient (Wildman–Crippen LogP) is 2.24. The second-order valence-electron chi connectivity index (χ2n) is 6.95. The fourth-order valence-corrected chi connectivity index (χ4v) is 2.77. The minimum atomic E-state index is -1.04. The van der Waals surface area contributed by atoms with Crippen LogP contribution in [0.3, 0.4) is 0 Å². The number of rotatable bonds is 6. The van der Waals surface area contributed by atoms with Crippen molar-refractivity contribution in [3.05, 3.63) is 60.2 Å². The fraction of sp³-hybridized carbons (Fsp3) is 0.316. The maximum absolute atomic E-state index is 10.4. The van der Waals surface area contributed by atoms with Gasteiger partial charge in [-0.25, -0.2) is 0 Å². The second-order valence-corrected chi connectivity index (χ2v) is 6.95. The Balaban J connectivity index is 1.96. The molecular weight excluding hydrogens is 327 g/mol. The maximum atomic E-state index is 10.4. The van der Waals surface area contributed by atoms with E-state index >= 15 is 0 Å². The molecule has 26 heavy (non-hydrogen) atoms. The Bertz CT molecular complexity index is 865. The molecule has 1 heterocycles. The lowest BCUT2D eigenvalue weighted by Crippen LogP contribution is -2.37. The van der Waals surface area contributed by atoms with Gasteiger partial charge in [0, 0.05) is 11.7 Å². The van der Waals surface area contributed by atoms with Crippen LogP contribution in [0.4, 0.5) is 0 Å². The smallest absolute Gasteiger partial charge is 0.423 e. The summed E-state index contributed by atoms with van der Waals surface area (Å²) < 4.78 is 5.51. The van der Waals surface area contributed by atoms with E-state index in [1.165, 1.54) is 0 Å². The number of aromatic nitrogens is 4. The van der Waals surface area contributed by atoms with E-state index in [2.05, 4.69) is 15.4 Å². The van der Waals surface area contributed by atoms with Gasteiger partial charge < -0.3 is 9.68 Å². The van der Waals surface area contributed by atoms with Gasteiger partial charge in [0.05, 0.1) is 0 Å². The van der Waals surface area contributed by atoms with Crippen LogP contribution >= 0.6 is 0 Å². The highest BCUT2D eigenvalue weighted by molar-refractivity contribution is 6.61.